The first-order valence-electron chi connectivity index (χ1n) is 8.62. The van der Waals surface area contributed by atoms with E-state index >= 15 is 0 Å². The third kappa shape index (κ3) is 3.95. The first-order chi connectivity index (χ1) is 12.1. The van der Waals surface area contributed by atoms with E-state index in [1.165, 1.54) is 0 Å². The van der Waals surface area contributed by atoms with Gasteiger partial charge in [0, 0.05) is 26.1 Å². The number of amides is 1. The number of aromatic nitrogens is 2. The highest BCUT2D eigenvalue weighted by Crippen LogP contribution is 2.22. The van der Waals surface area contributed by atoms with E-state index in [4.69, 9.17) is 9.47 Å². The van der Waals surface area contributed by atoms with Gasteiger partial charge in [-0.25, -0.2) is 4.98 Å². The molecule has 1 amide bonds. The van der Waals surface area contributed by atoms with Crippen LogP contribution in [0, 0.1) is 12.8 Å². The van der Waals surface area contributed by atoms with Gasteiger partial charge in [-0.2, -0.15) is 0 Å². The molecule has 6 heteroatoms. The minimum absolute atomic E-state index is 0.0617. The van der Waals surface area contributed by atoms with Gasteiger partial charge in [0.15, 0.2) is 0 Å². The van der Waals surface area contributed by atoms with E-state index in [1.54, 1.807) is 18.0 Å². The fraction of sp³-hybridized carbons (Fsp3) is 0.474. The Morgan fingerprint density at radius 1 is 1.28 bits per heavy atom. The number of carbonyl (C=O) groups is 1. The van der Waals surface area contributed by atoms with E-state index in [1.807, 2.05) is 43.1 Å². The van der Waals surface area contributed by atoms with E-state index < -0.39 is 0 Å². The summed E-state index contributed by atoms with van der Waals surface area (Å²) in [5.41, 5.74) is 1.46. The van der Waals surface area contributed by atoms with Crippen molar-refractivity contribution >= 4 is 5.91 Å². The Morgan fingerprint density at radius 3 is 2.64 bits per heavy atom. The zero-order valence-electron chi connectivity index (χ0n) is 15.1. The van der Waals surface area contributed by atoms with Gasteiger partial charge >= 0.3 is 0 Å². The summed E-state index contributed by atoms with van der Waals surface area (Å²) in [6.45, 7) is 4.00. The molecular formula is C19H25N3O3. The Balaban J connectivity index is 1.58. The second-order valence-corrected chi connectivity index (χ2v) is 6.54. The van der Waals surface area contributed by atoms with Crippen molar-refractivity contribution in [3.05, 3.63) is 42.0 Å². The standard InChI is InChI=1S/C19H25N3O3/c1-14-18(21(2)13-20-14)19(23)22-10-4-5-15(11-22)12-25-17-8-6-16(24-3)7-9-17/h6-9,13,15H,4-5,10-12H2,1-3H3/t15-/m1/s1. The molecule has 1 fully saturated rings. The minimum atomic E-state index is 0.0617. The Labute approximate surface area is 148 Å². The first kappa shape index (κ1) is 17.3. The van der Waals surface area contributed by atoms with Crippen LogP contribution >= 0.6 is 0 Å². The van der Waals surface area contributed by atoms with Gasteiger partial charge in [0.25, 0.3) is 5.91 Å². The minimum Gasteiger partial charge on any atom is -0.497 e. The van der Waals surface area contributed by atoms with Crippen LogP contribution in [0.3, 0.4) is 0 Å². The molecule has 1 aliphatic rings. The molecule has 25 heavy (non-hydrogen) atoms. The number of aryl methyl sites for hydroxylation is 2. The molecule has 3 rings (SSSR count). The lowest BCUT2D eigenvalue weighted by molar-refractivity contribution is 0.0623. The number of ether oxygens (including phenoxy) is 2. The van der Waals surface area contributed by atoms with Crippen LogP contribution in [-0.2, 0) is 7.05 Å². The molecular weight excluding hydrogens is 318 g/mol. The monoisotopic (exact) mass is 343 g/mol. The molecule has 0 bridgehead atoms. The number of carbonyl (C=O) groups excluding carboxylic acids is 1. The number of likely N-dealkylation sites (tertiary alicyclic amines) is 1. The smallest absolute Gasteiger partial charge is 0.272 e. The molecule has 1 atom stereocenters. The summed E-state index contributed by atoms with van der Waals surface area (Å²) in [5, 5.41) is 0. The number of benzene rings is 1. The molecule has 1 aliphatic heterocycles. The molecule has 1 saturated heterocycles. The highest BCUT2D eigenvalue weighted by Gasteiger charge is 2.27. The maximum Gasteiger partial charge on any atom is 0.272 e. The van der Waals surface area contributed by atoms with Gasteiger partial charge in [-0.1, -0.05) is 0 Å². The van der Waals surface area contributed by atoms with E-state index in [2.05, 4.69) is 4.98 Å². The maximum atomic E-state index is 12.8. The van der Waals surface area contributed by atoms with Crippen LogP contribution in [0.2, 0.25) is 0 Å². The quantitative estimate of drug-likeness (QED) is 0.837. The molecule has 0 aliphatic carbocycles. The highest BCUT2D eigenvalue weighted by molar-refractivity contribution is 5.93. The van der Waals surface area contributed by atoms with Crippen LogP contribution in [0.25, 0.3) is 0 Å². The number of piperidine rings is 1. The van der Waals surface area contributed by atoms with Gasteiger partial charge in [0.1, 0.15) is 17.2 Å². The van der Waals surface area contributed by atoms with E-state index in [-0.39, 0.29) is 5.91 Å². The van der Waals surface area contributed by atoms with E-state index in [9.17, 15) is 4.79 Å². The predicted molar refractivity (Wildman–Crippen MR) is 95.1 cm³/mol. The molecule has 0 N–H and O–H groups in total. The average Bonchev–Trinajstić information content (AvgIpc) is 2.98. The lowest BCUT2D eigenvalue weighted by Gasteiger charge is -2.32. The van der Waals surface area contributed by atoms with Crippen LogP contribution in [0.15, 0.2) is 30.6 Å². The zero-order chi connectivity index (χ0) is 17.8. The van der Waals surface area contributed by atoms with Crippen molar-refractivity contribution in [3.63, 3.8) is 0 Å². The van der Waals surface area contributed by atoms with Gasteiger partial charge in [0.2, 0.25) is 0 Å². The van der Waals surface area contributed by atoms with E-state index in [0.29, 0.717) is 18.2 Å². The van der Waals surface area contributed by atoms with Crippen LogP contribution in [0.5, 0.6) is 11.5 Å². The third-order valence-electron chi connectivity index (χ3n) is 4.67. The Bertz CT molecular complexity index is 705. The summed E-state index contributed by atoms with van der Waals surface area (Å²) in [6, 6.07) is 7.58. The molecule has 134 valence electrons. The Morgan fingerprint density at radius 2 is 2.00 bits per heavy atom. The molecule has 0 radical (unpaired) electrons. The number of imidazole rings is 1. The van der Waals surface area contributed by atoms with Gasteiger partial charge in [0.05, 0.1) is 25.7 Å². The van der Waals surface area contributed by atoms with Crippen molar-refractivity contribution in [1.29, 1.82) is 0 Å². The second kappa shape index (κ2) is 7.59. The summed E-state index contributed by atoms with van der Waals surface area (Å²) < 4.78 is 12.9. The molecule has 2 heterocycles. The fourth-order valence-corrected chi connectivity index (χ4v) is 3.27. The van der Waals surface area contributed by atoms with Crippen LogP contribution in [0.1, 0.15) is 29.0 Å². The summed E-state index contributed by atoms with van der Waals surface area (Å²) in [4.78, 5) is 19.0. The lowest BCUT2D eigenvalue weighted by atomic mass is 9.98. The maximum absolute atomic E-state index is 12.8. The number of methoxy groups -OCH3 is 1. The van der Waals surface area contributed by atoms with Crippen LogP contribution in [0.4, 0.5) is 0 Å². The van der Waals surface area contributed by atoms with Crippen molar-refractivity contribution in [3.8, 4) is 11.5 Å². The topological polar surface area (TPSA) is 56.6 Å². The number of nitrogens with zero attached hydrogens (tertiary/aromatic N) is 3. The summed E-state index contributed by atoms with van der Waals surface area (Å²) in [7, 11) is 3.51. The normalized spacial score (nSPS) is 17.4. The predicted octanol–water partition coefficient (Wildman–Crippen LogP) is 2.67. The second-order valence-electron chi connectivity index (χ2n) is 6.54. The van der Waals surface area contributed by atoms with Crippen LogP contribution in [-0.4, -0.2) is 47.2 Å². The molecule has 0 spiro atoms. The number of rotatable bonds is 5. The first-order valence-corrected chi connectivity index (χ1v) is 8.62. The van der Waals surface area contributed by atoms with Gasteiger partial charge < -0.3 is 18.9 Å². The molecule has 1 aromatic carbocycles. The summed E-state index contributed by atoms with van der Waals surface area (Å²) in [6.07, 6.45) is 3.76. The SMILES string of the molecule is COc1ccc(OC[C@@H]2CCCN(C(=O)c3c(C)ncn3C)C2)cc1. The molecule has 2 aromatic rings. The molecule has 6 nitrogen and oxygen atoms in total. The zero-order valence-corrected chi connectivity index (χ0v) is 15.1. The average molecular weight is 343 g/mol. The van der Waals surface area contributed by atoms with Crippen molar-refractivity contribution in [2.45, 2.75) is 19.8 Å². The van der Waals surface area contributed by atoms with Crippen molar-refractivity contribution in [1.82, 2.24) is 14.5 Å². The number of hydrogen-bond donors (Lipinski definition) is 0. The number of hydrogen-bond acceptors (Lipinski definition) is 4. The van der Waals surface area contributed by atoms with Crippen molar-refractivity contribution in [2.24, 2.45) is 13.0 Å². The van der Waals surface area contributed by atoms with Gasteiger partial charge in [-0.15, -0.1) is 0 Å². The molecule has 0 unspecified atom stereocenters. The van der Waals surface area contributed by atoms with Crippen molar-refractivity contribution < 1.29 is 14.3 Å². The summed E-state index contributed by atoms with van der Waals surface area (Å²) in [5.74, 6) is 2.04. The van der Waals surface area contributed by atoms with Gasteiger partial charge in [-0.05, 0) is 44.0 Å². The Hall–Kier alpha value is -2.50. The van der Waals surface area contributed by atoms with E-state index in [0.717, 1.165) is 43.1 Å². The molecule has 0 saturated carbocycles. The Kier molecular flexibility index (Phi) is 5.26. The van der Waals surface area contributed by atoms with Crippen LogP contribution < -0.4 is 9.47 Å². The van der Waals surface area contributed by atoms with Gasteiger partial charge in [-0.3, -0.25) is 4.79 Å². The fourth-order valence-electron chi connectivity index (χ4n) is 3.27. The molecule has 1 aromatic heterocycles. The highest BCUT2D eigenvalue weighted by atomic mass is 16.5. The lowest BCUT2D eigenvalue weighted by Crippen LogP contribution is -2.42. The third-order valence-corrected chi connectivity index (χ3v) is 4.67. The van der Waals surface area contributed by atoms with Crippen molar-refractivity contribution in [2.75, 3.05) is 26.8 Å². The largest absolute Gasteiger partial charge is 0.497 e. The summed E-state index contributed by atoms with van der Waals surface area (Å²) >= 11 is 0.